The van der Waals surface area contributed by atoms with Crippen molar-refractivity contribution in [3.63, 3.8) is 0 Å². The monoisotopic (exact) mass is 688 g/mol. The molecule has 2 heterocycles. The molecule has 10 heteroatoms. The van der Waals surface area contributed by atoms with Crippen molar-refractivity contribution in [1.82, 2.24) is 0 Å². The fraction of sp³-hybridized carbons (Fsp3) is 0.812. The van der Waals surface area contributed by atoms with E-state index in [4.69, 9.17) is 28.1 Å². The number of benzene rings is 1. The van der Waals surface area contributed by atoms with Crippen molar-refractivity contribution in [2.45, 2.75) is 140 Å². The molecule has 0 aliphatic carbocycles. The molecule has 0 unspecified atom stereocenters. The van der Waals surface area contributed by atoms with Gasteiger partial charge in [-0.1, -0.05) is 74.5 Å². The van der Waals surface area contributed by atoms with Crippen LogP contribution >= 0.6 is 15.9 Å². The average molecular weight is 690 g/mol. The molecule has 1 aromatic carbocycles. The van der Waals surface area contributed by atoms with E-state index in [0.29, 0.717) is 32.5 Å². The molecule has 0 aromatic heterocycles. The normalized spacial score (nSPS) is 29.3. The van der Waals surface area contributed by atoms with Crippen molar-refractivity contribution in [1.29, 1.82) is 0 Å². The molecule has 1 spiro atoms. The summed E-state index contributed by atoms with van der Waals surface area (Å²) in [5.74, 6) is -0.906. The predicted molar refractivity (Wildman–Crippen MR) is 177 cm³/mol. The molecule has 2 aliphatic heterocycles. The average Bonchev–Trinajstić information content (AvgIpc) is 2.84. The van der Waals surface area contributed by atoms with Gasteiger partial charge in [0.25, 0.3) is 0 Å². The van der Waals surface area contributed by atoms with Gasteiger partial charge in [-0.05, 0) is 49.2 Å². The fourth-order valence-corrected chi connectivity index (χ4v) is 8.52. The first kappa shape index (κ1) is 36.3. The summed E-state index contributed by atoms with van der Waals surface area (Å²) in [5, 5.41) is 10.4. The lowest BCUT2D eigenvalue weighted by molar-refractivity contribution is -0.355. The van der Waals surface area contributed by atoms with Crippen LogP contribution in [-0.4, -0.2) is 77.8 Å². The van der Waals surface area contributed by atoms with Crippen molar-refractivity contribution < 1.29 is 33.2 Å². The Bertz CT molecular complexity index is 982. The van der Waals surface area contributed by atoms with Crippen LogP contribution in [0.2, 0.25) is 43.8 Å². The molecular weight excluding hydrogens is 632 g/mol. The SMILES string of the molecule is CC(C)(C)[Si](C)(C)O[C@@]1(C)C[C@H](CO)O[C@]2(C[C@@H](OCOCC[Si](C)(C)C)C[C@H](CCOCc3ccccc3Br)O2)C1. The van der Waals surface area contributed by atoms with Crippen LogP contribution in [0.25, 0.3) is 0 Å². The molecule has 0 radical (unpaired) electrons. The largest absolute Gasteiger partial charge is 0.411 e. The molecule has 1 N–H and O–H groups in total. The maximum absolute atomic E-state index is 10.3. The molecule has 2 aliphatic rings. The van der Waals surface area contributed by atoms with E-state index in [9.17, 15) is 5.11 Å². The van der Waals surface area contributed by atoms with Crippen LogP contribution in [0.3, 0.4) is 0 Å². The quantitative estimate of drug-likeness (QED) is 0.121. The van der Waals surface area contributed by atoms with Gasteiger partial charge in [0.15, 0.2) is 14.1 Å². The Morgan fingerprint density at radius 2 is 1.69 bits per heavy atom. The lowest BCUT2D eigenvalue weighted by Crippen LogP contribution is -2.62. The molecule has 242 valence electrons. The van der Waals surface area contributed by atoms with Gasteiger partial charge in [0.1, 0.15) is 6.79 Å². The summed E-state index contributed by atoms with van der Waals surface area (Å²) in [5.41, 5.74) is 0.639. The van der Waals surface area contributed by atoms with Crippen LogP contribution in [0.15, 0.2) is 28.7 Å². The second-order valence-corrected chi connectivity index (χ2v) is 26.5. The minimum atomic E-state index is -2.09. The zero-order chi connectivity index (χ0) is 31.2. The number of aliphatic hydroxyl groups is 1. The summed E-state index contributed by atoms with van der Waals surface area (Å²) < 4.78 is 39.8. The fourth-order valence-electron chi connectivity index (χ4n) is 5.67. The molecule has 2 saturated heterocycles. The minimum Gasteiger partial charge on any atom is -0.411 e. The first-order chi connectivity index (χ1) is 19.4. The van der Waals surface area contributed by atoms with Gasteiger partial charge >= 0.3 is 0 Å². The first-order valence-electron chi connectivity index (χ1n) is 15.6. The molecule has 7 nitrogen and oxygen atoms in total. The standard InChI is InChI=1S/C32H57BrO7Si2/c1-30(2,3)42(8,9)40-31(4)19-28(21-34)39-32(23-31)20-27(37-24-36-16-17-41(5,6)7)18-26(38-32)14-15-35-22-25-12-10-11-13-29(25)33/h10-13,26-28,34H,14-24H2,1-9H3/t26-,27-,28+,31-,32+/m0/s1. The van der Waals surface area contributed by atoms with Crippen molar-refractivity contribution in [2.75, 3.05) is 26.6 Å². The van der Waals surface area contributed by atoms with E-state index >= 15 is 0 Å². The Kier molecular flexibility index (Phi) is 12.9. The van der Waals surface area contributed by atoms with Gasteiger partial charge in [0.05, 0.1) is 37.1 Å². The highest BCUT2D eigenvalue weighted by Gasteiger charge is 2.55. The molecule has 5 atom stereocenters. The van der Waals surface area contributed by atoms with E-state index in [1.54, 1.807) is 0 Å². The van der Waals surface area contributed by atoms with Gasteiger partial charge in [-0.2, -0.15) is 0 Å². The first-order valence-corrected chi connectivity index (χ1v) is 23.0. The van der Waals surface area contributed by atoms with Crippen LogP contribution in [0.5, 0.6) is 0 Å². The van der Waals surface area contributed by atoms with E-state index in [0.717, 1.165) is 35.5 Å². The van der Waals surface area contributed by atoms with Gasteiger partial charge in [-0.15, -0.1) is 0 Å². The van der Waals surface area contributed by atoms with Gasteiger partial charge in [0.2, 0.25) is 0 Å². The number of aliphatic hydroxyl groups excluding tert-OH is 1. The van der Waals surface area contributed by atoms with Crippen molar-refractivity contribution in [3.05, 3.63) is 34.3 Å². The third kappa shape index (κ3) is 11.0. The highest BCUT2D eigenvalue weighted by atomic mass is 79.9. The second kappa shape index (κ2) is 15.0. The number of hydrogen-bond donors (Lipinski definition) is 1. The third-order valence-corrected chi connectivity index (χ3v) is 15.9. The zero-order valence-electron chi connectivity index (χ0n) is 27.6. The number of rotatable bonds is 14. The lowest BCUT2D eigenvalue weighted by Gasteiger charge is -2.55. The van der Waals surface area contributed by atoms with Crippen molar-refractivity contribution in [3.8, 4) is 0 Å². The summed E-state index contributed by atoms with van der Waals surface area (Å²) >= 11 is 3.61. The van der Waals surface area contributed by atoms with Gasteiger partial charge < -0.3 is 33.2 Å². The number of halogens is 1. The lowest BCUT2D eigenvalue weighted by atomic mass is 9.82. The Labute approximate surface area is 265 Å². The molecule has 42 heavy (non-hydrogen) atoms. The summed E-state index contributed by atoms with van der Waals surface area (Å²) in [4.78, 5) is 0. The van der Waals surface area contributed by atoms with Crippen molar-refractivity contribution in [2.24, 2.45) is 0 Å². The van der Waals surface area contributed by atoms with Gasteiger partial charge in [-0.25, -0.2) is 0 Å². The smallest absolute Gasteiger partial charge is 0.192 e. The van der Waals surface area contributed by atoms with E-state index in [1.165, 1.54) is 0 Å². The highest BCUT2D eigenvalue weighted by molar-refractivity contribution is 9.10. The summed E-state index contributed by atoms with van der Waals surface area (Å²) in [7, 11) is -3.26. The Morgan fingerprint density at radius 1 is 1.00 bits per heavy atom. The van der Waals surface area contributed by atoms with E-state index in [2.05, 4.69) is 82.4 Å². The molecule has 2 fully saturated rings. The molecule has 0 amide bonds. The molecule has 3 rings (SSSR count). The molecule has 0 saturated carbocycles. The molecular formula is C32H57BrO7Si2. The second-order valence-electron chi connectivity index (χ2n) is 15.3. The number of ether oxygens (including phenoxy) is 5. The van der Waals surface area contributed by atoms with Gasteiger partial charge in [-0.3, -0.25) is 0 Å². The molecule has 1 aromatic rings. The maximum atomic E-state index is 10.3. The van der Waals surface area contributed by atoms with Crippen LogP contribution in [-0.2, 0) is 34.7 Å². The van der Waals surface area contributed by atoms with Crippen LogP contribution < -0.4 is 0 Å². The Balaban J connectivity index is 1.72. The maximum Gasteiger partial charge on any atom is 0.192 e. The van der Waals surface area contributed by atoms with Gasteiger partial charge in [0, 0.05) is 51.4 Å². The van der Waals surface area contributed by atoms with Crippen LogP contribution in [0.4, 0.5) is 0 Å². The van der Waals surface area contributed by atoms with Crippen molar-refractivity contribution >= 4 is 32.3 Å². The number of hydrogen-bond acceptors (Lipinski definition) is 7. The van der Waals surface area contributed by atoms with E-state index in [-0.39, 0.29) is 36.7 Å². The summed E-state index contributed by atoms with van der Waals surface area (Å²) in [6.45, 7) is 22.6. The Morgan fingerprint density at radius 3 is 2.33 bits per heavy atom. The summed E-state index contributed by atoms with van der Waals surface area (Å²) in [6, 6.07) is 9.23. The summed E-state index contributed by atoms with van der Waals surface area (Å²) in [6.07, 6.45) is 2.69. The predicted octanol–water partition coefficient (Wildman–Crippen LogP) is 7.88. The Hall–Kier alpha value is -0.146. The van der Waals surface area contributed by atoms with Crippen LogP contribution in [0, 0.1) is 0 Å². The highest BCUT2D eigenvalue weighted by Crippen LogP contribution is 2.49. The van der Waals surface area contributed by atoms with Crippen LogP contribution in [0.1, 0.15) is 65.4 Å². The topological polar surface area (TPSA) is 75.6 Å². The third-order valence-electron chi connectivity index (χ3n) is 8.82. The van der Waals surface area contributed by atoms with E-state index in [1.807, 2.05) is 18.2 Å². The molecule has 0 bridgehead atoms. The van der Waals surface area contributed by atoms with E-state index < -0.39 is 27.8 Å². The minimum absolute atomic E-state index is 0.0656. The zero-order valence-corrected chi connectivity index (χ0v) is 31.2.